The maximum absolute atomic E-state index is 13.6. The van der Waals surface area contributed by atoms with E-state index < -0.39 is 0 Å². The number of anilines is 1. The lowest BCUT2D eigenvalue weighted by atomic mass is 10.2. The van der Waals surface area contributed by atoms with Crippen molar-refractivity contribution in [3.63, 3.8) is 0 Å². The monoisotopic (exact) mass is 342 g/mol. The number of halogens is 2. The van der Waals surface area contributed by atoms with Crippen LogP contribution in [-0.4, -0.2) is 36.2 Å². The van der Waals surface area contributed by atoms with E-state index in [0.29, 0.717) is 23.2 Å². The summed E-state index contributed by atoms with van der Waals surface area (Å²) in [7, 11) is 0. The van der Waals surface area contributed by atoms with Crippen LogP contribution in [0.1, 0.15) is 18.4 Å². The number of nitrogens with zero attached hydrogens (tertiary/aromatic N) is 1. The van der Waals surface area contributed by atoms with Gasteiger partial charge in [0.15, 0.2) is 0 Å². The van der Waals surface area contributed by atoms with E-state index in [-0.39, 0.29) is 24.1 Å². The third-order valence-electron chi connectivity index (χ3n) is 3.84. The van der Waals surface area contributed by atoms with E-state index in [4.69, 9.17) is 4.74 Å². The van der Waals surface area contributed by atoms with Crippen molar-refractivity contribution in [2.24, 2.45) is 0 Å². The van der Waals surface area contributed by atoms with Crippen LogP contribution in [-0.2, 0) is 4.74 Å². The molecular formula is C14H16BrFN2O2. The molecule has 1 N–H and O–H groups in total. The van der Waals surface area contributed by atoms with Gasteiger partial charge < -0.3 is 15.0 Å². The van der Waals surface area contributed by atoms with Crippen molar-refractivity contribution in [1.82, 2.24) is 4.90 Å². The minimum atomic E-state index is -0.382. The van der Waals surface area contributed by atoms with Gasteiger partial charge in [0.1, 0.15) is 5.82 Å². The summed E-state index contributed by atoms with van der Waals surface area (Å²) in [6.45, 7) is 3.06. The van der Waals surface area contributed by atoms with Crippen LogP contribution in [0, 0.1) is 12.7 Å². The molecule has 2 amide bonds. The normalized spacial score (nSPS) is 24.9. The summed E-state index contributed by atoms with van der Waals surface area (Å²) in [6, 6.07) is 2.82. The van der Waals surface area contributed by atoms with E-state index >= 15 is 0 Å². The molecule has 2 unspecified atom stereocenters. The van der Waals surface area contributed by atoms with Crippen LogP contribution in [0.15, 0.2) is 16.6 Å². The van der Waals surface area contributed by atoms with Crippen LogP contribution in [0.4, 0.5) is 14.9 Å². The van der Waals surface area contributed by atoms with Gasteiger partial charge >= 0.3 is 6.03 Å². The summed E-state index contributed by atoms with van der Waals surface area (Å²) in [5.41, 5.74) is 1.33. The standard InChI is InChI=1S/C14H16BrFN2O2/c1-8-4-11(15)12(16)5-13(8)17-14(19)18-6-9-2-3-10(7-18)20-9/h4-5,9-10H,2-3,6-7H2,1H3,(H,17,19). The van der Waals surface area contributed by atoms with E-state index in [1.54, 1.807) is 11.0 Å². The molecule has 2 saturated heterocycles. The number of hydrogen-bond donors (Lipinski definition) is 1. The fourth-order valence-electron chi connectivity index (χ4n) is 2.76. The second-order valence-electron chi connectivity index (χ2n) is 5.37. The number of benzene rings is 1. The minimum absolute atomic E-state index is 0.155. The largest absolute Gasteiger partial charge is 0.371 e. The van der Waals surface area contributed by atoms with Crippen LogP contribution in [0.2, 0.25) is 0 Å². The number of amides is 2. The van der Waals surface area contributed by atoms with E-state index in [2.05, 4.69) is 21.2 Å². The molecule has 2 fully saturated rings. The molecule has 0 aliphatic carbocycles. The van der Waals surface area contributed by atoms with Gasteiger partial charge in [-0.25, -0.2) is 9.18 Å². The maximum atomic E-state index is 13.6. The van der Waals surface area contributed by atoms with Gasteiger partial charge in [-0.2, -0.15) is 0 Å². The van der Waals surface area contributed by atoms with E-state index in [1.807, 2.05) is 6.92 Å². The Labute approximate surface area is 125 Å². The zero-order valence-electron chi connectivity index (χ0n) is 11.2. The lowest BCUT2D eigenvalue weighted by molar-refractivity contribution is -0.0219. The number of carbonyl (C=O) groups excluding carboxylic acids is 1. The summed E-state index contributed by atoms with van der Waals surface area (Å²) in [4.78, 5) is 14.0. The number of ether oxygens (including phenoxy) is 1. The molecule has 108 valence electrons. The first-order valence-corrected chi connectivity index (χ1v) is 7.49. The summed E-state index contributed by atoms with van der Waals surface area (Å²) >= 11 is 3.13. The Morgan fingerprint density at radius 2 is 2.05 bits per heavy atom. The summed E-state index contributed by atoms with van der Waals surface area (Å²) in [5.74, 6) is -0.382. The number of hydrogen-bond acceptors (Lipinski definition) is 2. The zero-order chi connectivity index (χ0) is 14.3. The van der Waals surface area contributed by atoms with Gasteiger partial charge in [-0.15, -0.1) is 0 Å². The molecule has 0 aromatic heterocycles. The lowest BCUT2D eigenvalue weighted by Gasteiger charge is -2.32. The molecule has 20 heavy (non-hydrogen) atoms. The molecule has 3 rings (SSSR count). The van der Waals surface area contributed by atoms with Crippen LogP contribution in [0.3, 0.4) is 0 Å². The van der Waals surface area contributed by atoms with Crippen LogP contribution < -0.4 is 5.32 Å². The Balaban J connectivity index is 1.71. The molecule has 1 aromatic carbocycles. The first-order valence-electron chi connectivity index (χ1n) is 6.70. The van der Waals surface area contributed by atoms with Crippen LogP contribution in [0.25, 0.3) is 0 Å². The number of carbonyl (C=O) groups is 1. The number of rotatable bonds is 1. The molecule has 1 aromatic rings. The average Bonchev–Trinajstić information content (AvgIpc) is 2.74. The SMILES string of the molecule is Cc1cc(Br)c(F)cc1NC(=O)N1CC2CCC(C1)O2. The number of likely N-dealkylation sites (tertiary alicyclic amines) is 1. The highest BCUT2D eigenvalue weighted by molar-refractivity contribution is 9.10. The first-order chi connectivity index (χ1) is 9.52. The van der Waals surface area contributed by atoms with Crippen LogP contribution in [0.5, 0.6) is 0 Å². The smallest absolute Gasteiger partial charge is 0.322 e. The average molecular weight is 343 g/mol. The van der Waals surface area contributed by atoms with Gasteiger partial charge in [-0.05, 0) is 53.4 Å². The number of urea groups is 1. The third-order valence-corrected chi connectivity index (χ3v) is 4.45. The van der Waals surface area contributed by atoms with E-state index in [0.717, 1.165) is 18.4 Å². The number of fused-ring (bicyclic) bond motifs is 2. The predicted molar refractivity (Wildman–Crippen MR) is 77.3 cm³/mol. The Morgan fingerprint density at radius 3 is 2.70 bits per heavy atom. The first kappa shape index (κ1) is 13.8. The van der Waals surface area contributed by atoms with Crippen LogP contribution >= 0.6 is 15.9 Å². The summed E-state index contributed by atoms with van der Waals surface area (Å²) < 4.78 is 19.7. The van der Waals surface area contributed by atoms with Crippen molar-refractivity contribution in [2.75, 3.05) is 18.4 Å². The van der Waals surface area contributed by atoms with Gasteiger partial charge in [0.2, 0.25) is 0 Å². The molecule has 0 saturated carbocycles. The van der Waals surface area contributed by atoms with Gasteiger partial charge in [0.05, 0.1) is 16.7 Å². The highest BCUT2D eigenvalue weighted by atomic mass is 79.9. The molecule has 2 heterocycles. The summed E-state index contributed by atoms with van der Waals surface area (Å²) in [6.07, 6.45) is 2.34. The Bertz CT molecular complexity index is 540. The van der Waals surface area contributed by atoms with Gasteiger partial charge in [-0.3, -0.25) is 0 Å². The molecule has 2 atom stereocenters. The molecule has 6 heteroatoms. The van der Waals surface area contributed by atoms with Crippen molar-refractivity contribution >= 4 is 27.6 Å². The maximum Gasteiger partial charge on any atom is 0.322 e. The quantitative estimate of drug-likeness (QED) is 0.850. The fourth-order valence-corrected chi connectivity index (χ4v) is 3.21. The second kappa shape index (κ2) is 5.33. The highest BCUT2D eigenvalue weighted by Gasteiger charge is 2.35. The second-order valence-corrected chi connectivity index (χ2v) is 6.23. The number of aryl methyl sites for hydroxylation is 1. The molecule has 4 nitrogen and oxygen atoms in total. The lowest BCUT2D eigenvalue weighted by Crippen LogP contribution is -2.47. The highest BCUT2D eigenvalue weighted by Crippen LogP contribution is 2.28. The minimum Gasteiger partial charge on any atom is -0.371 e. The van der Waals surface area contributed by atoms with Gasteiger partial charge in [0, 0.05) is 18.8 Å². The number of nitrogens with one attached hydrogen (secondary N) is 1. The summed E-state index contributed by atoms with van der Waals surface area (Å²) in [5, 5.41) is 2.79. The molecule has 2 bridgehead atoms. The van der Waals surface area contributed by atoms with Gasteiger partial charge in [-0.1, -0.05) is 0 Å². The zero-order valence-corrected chi connectivity index (χ0v) is 12.7. The molecular weight excluding hydrogens is 327 g/mol. The van der Waals surface area contributed by atoms with Crippen molar-refractivity contribution in [3.8, 4) is 0 Å². The van der Waals surface area contributed by atoms with Crippen molar-refractivity contribution in [1.29, 1.82) is 0 Å². The predicted octanol–water partition coefficient (Wildman–Crippen LogP) is 3.29. The van der Waals surface area contributed by atoms with Crippen molar-refractivity contribution in [2.45, 2.75) is 32.0 Å². The Morgan fingerprint density at radius 1 is 1.40 bits per heavy atom. The molecule has 0 spiro atoms. The molecule has 2 aliphatic heterocycles. The Hall–Kier alpha value is -1.14. The van der Waals surface area contributed by atoms with Crippen molar-refractivity contribution in [3.05, 3.63) is 28.0 Å². The van der Waals surface area contributed by atoms with Gasteiger partial charge in [0.25, 0.3) is 0 Å². The molecule has 2 aliphatic rings. The van der Waals surface area contributed by atoms with E-state index in [9.17, 15) is 9.18 Å². The van der Waals surface area contributed by atoms with Crippen molar-refractivity contribution < 1.29 is 13.9 Å². The topological polar surface area (TPSA) is 41.6 Å². The Kier molecular flexibility index (Phi) is 3.69. The number of morpholine rings is 1. The fraction of sp³-hybridized carbons (Fsp3) is 0.500. The van der Waals surface area contributed by atoms with E-state index in [1.165, 1.54) is 6.07 Å². The molecule has 0 radical (unpaired) electrons. The third kappa shape index (κ3) is 2.67.